The average Bonchev–Trinajstić information content (AvgIpc) is 2.89. The largest absolute Gasteiger partial charge is 0.334 e. The molecule has 1 aromatic heterocycles. The van der Waals surface area contributed by atoms with Crippen LogP contribution in [0.15, 0.2) is 24.3 Å². The van der Waals surface area contributed by atoms with E-state index in [1.807, 2.05) is 24.3 Å². The number of hydrogen-bond acceptors (Lipinski definition) is 4. The van der Waals surface area contributed by atoms with E-state index in [1.165, 1.54) is 0 Å². The van der Waals surface area contributed by atoms with Crippen molar-refractivity contribution in [1.82, 2.24) is 25.5 Å². The van der Waals surface area contributed by atoms with Gasteiger partial charge in [0, 0.05) is 12.6 Å². The first kappa shape index (κ1) is 14.2. The molecular formula is C14H19N5O. The van der Waals surface area contributed by atoms with Crippen LogP contribution in [-0.2, 0) is 12.0 Å². The summed E-state index contributed by atoms with van der Waals surface area (Å²) >= 11 is 0. The van der Waals surface area contributed by atoms with Gasteiger partial charge in [0.05, 0.1) is 6.54 Å². The minimum absolute atomic E-state index is 0.0414. The lowest BCUT2D eigenvalue weighted by Gasteiger charge is -2.24. The smallest absolute Gasteiger partial charge is 0.254 e. The molecular weight excluding hydrogens is 254 g/mol. The lowest BCUT2D eigenvalue weighted by atomic mass is 9.83. The molecule has 106 valence electrons. The molecule has 0 aliphatic heterocycles. The van der Waals surface area contributed by atoms with Gasteiger partial charge in [-0.3, -0.25) is 4.79 Å². The topological polar surface area (TPSA) is 74.8 Å². The molecule has 6 nitrogen and oxygen atoms in total. The Morgan fingerprint density at radius 2 is 2.00 bits per heavy atom. The molecule has 1 aromatic carbocycles. The molecule has 0 aliphatic carbocycles. The number of nitrogens with one attached hydrogen (secondary N) is 1. The molecule has 6 heteroatoms. The molecule has 0 spiro atoms. The van der Waals surface area contributed by atoms with E-state index in [1.54, 1.807) is 11.9 Å². The Bertz CT molecular complexity index is 586. The SMILES string of the molecule is CN(Cc1nn[nH]n1)C(=O)c1ccccc1C(C)(C)C. The standard InChI is InChI=1S/C14H19N5O/c1-14(2,3)11-8-6-5-7-10(11)13(20)19(4)9-12-15-17-18-16-12/h5-8H,9H2,1-4H3,(H,15,16,17,18). The summed E-state index contributed by atoms with van der Waals surface area (Å²) in [5.74, 6) is 0.453. The number of aromatic amines is 1. The highest BCUT2D eigenvalue weighted by Crippen LogP contribution is 2.26. The van der Waals surface area contributed by atoms with E-state index >= 15 is 0 Å². The molecule has 0 radical (unpaired) electrons. The highest BCUT2D eigenvalue weighted by Gasteiger charge is 2.23. The molecule has 0 bridgehead atoms. The second-order valence-electron chi connectivity index (χ2n) is 5.78. The number of amides is 1. The number of benzene rings is 1. The van der Waals surface area contributed by atoms with Crippen molar-refractivity contribution in [1.29, 1.82) is 0 Å². The van der Waals surface area contributed by atoms with Gasteiger partial charge in [-0.25, -0.2) is 0 Å². The summed E-state index contributed by atoms with van der Waals surface area (Å²) in [6.45, 7) is 6.61. The normalized spacial score (nSPS) is 11.4. The maximum Gasteiger partial charge on any atom is 0.254 e. The number of rotatable bonds is 3. The quantitative estimate of drug-likeness (QED) is 0.924. The maximum atomic E-state index is 12.6. The molecule has 20 heavy (non-hydrogen) atoms. The van der Waals surface area contributed by atoms with Crippen molar-refractivity contribution in [3.8, 4) is 0 Å². The third kappa shape index (κ3) is 3.01. The Kier molecular flexibility index (Phi) is 3.83. The molecule has 0 saturated carbocycles. The van der Waals surface area contributed by atoms with Crippen LogP contribution in [0.4, 0.5) is 0 Å². The number of carbonyl (C=O) groups is 1. The lowest BCUT2D eigenvalue weighted by molar-refractivity contribution is 0.0779. The molecule has 0 atom stereocenters. The Morgan fingerprint density at radius 1 is 1.30 bits per heavy atom. The predicted molar refractivity (Wildman–Crippen MR) is 75.1 cm³/mol. The summed E-state index contributed by atoms with van der Waals surface area (Å²) in [6.07, 6.45) is 0. The molecule has 1 N–H and O–H groups in total. The van der Waals surface area contributed by atoms with E-state index in [0.29, 0.717) is 17.9 Å². The molecule has 0 aliphatic rings. The molecule has 1 amide bonds. The maximum absolute atomic E-state index is 12.6. The van der Waals surface area contributed by atoms with Gasteiger partial charge < -0.3 is 4.90 Å². The third-order valence-electron chi connectivity index (χ3n) is 3.08. The summed E-state index contributed by atoms with van der Waals surface area (Å²) in [5.41, 5.74) is 1.66. The highest BCUT2D eigenvalue weighted by molar-refractivity contribution is 5.95. The fourth-order valence-electron chi connectivity index (χ4n) is 2.06. The minimum Gasteiger partial charge on any atom is -0.334 e. The lowest BCUT2D eigenvalue weighted by Crippen LogP contribution is -2.29. The third-order valence-corrected chi connectivity index (χ3v) is 3.08. The van der Waals surface area contributed by atoms with Gasteiger partial charge in [-0.05, 0) is 17.0 Å². The van der Waals surface area contributed by atoms with Crippen LogP contribution < -0.4 is 0 Å². The van der Waals surface area contributed by atoms with Crippen molar-refractivity contribution in [2.75, 3.05) is 7.05 Å². The zero-order valence-electron chi connectivity index (χ0n) is 12.2. The molecule has 0 fully saturated rings. The number of carbonyl (C=O) groups excluding carboxylic acids is 1. The van der Waals surface area contributed by atoms with E-state index in [9.17, 15) is 4.79 Å². The van der Waals surface area contributed by atoms with Crippen molar-refractivity contribution >= 4 is 5.91 Å². The van der Waals surface area contributed by atoms with Gasteiger partial charge in [0.1, 0.15) is 0 Å². The van der Waals surface area contributed by atoms with Crippen molar-refractivity contribution in [3.05, 3.63) is 41.2 Å². The number of H-pyrrole nitrogens is 1. The Labute approximate surface area is 118 Å². The van der Waals surface area contributed by atoms with E-state index < -0.39 is 0 Å². The monoisotopic (exact) mass is 273 g/mol. The zero-order valence-corrected chi connectivity index (χ0v) is 12.2. The van der Waals surface area contributed by atoms with Crippen LogP contribution >= 0.6 is 0 Å². The Morgan fingerprint density at radius 3 is 2.60 bits per heavy atom. The predicted octanol–water partition coefficient (Wildman–Crippen LogP) is 1.77. The molecule has 2 rings (SSSR count). The van der Waals surface area contributed by atoms with Gasteiger partial charge >= 0.3 is 0 Å². The summed E-state index contributed by atoms with van der Waals surface area (Å²) in [4.78, 5) is 14.2. The summed E-state index contributed by atoms with van der Waals surface area (Å²) in [5, 5.41) is 13.6. The van der Waals surface area contributed by atoms with Gasteiger partial charge in [-0.15, -0.1) is 10.2 Å². The number of aromatic nitrogens is 4. The van der Waals surface area contributed by atoms with Gasteiger partial charge in [-0.1, -0.05) is 44.2 Å². The van der Waals surface area contributed by atoms with Gasteiger partial charge in [0.25, 0.3) is 5.91 Å². The molecule has 0 unspecified atom stereocenters. The van der Waals surface area contributed by atoms with E-state index in [-0.39, 0.29) is 11.3 Å². The van der Waals surface area contributed by atoms with Crippen LogP contribution in [0.5, 0.6) is 0 Å². The second kappa shape index (κ2) is 5.40. The van der Waals surface area contributed by atoms with Crippen LogP contribution in [-0.4, -0.2) is 38.5 Å². The van der Waals surface area contributed by atoms with Crippen LogP contribution in [0, 0.1) is 0 Å². The van der Waals surface area contributed by atoms with Gasteiger partial charge in [0.15, 0.2) is 5.82 Å². The van der Waals surface area contributed by atoms with Crippen molar-refractivity contribution in [3.63, 3.8) is 0 Å². The molecule has 2 aromatic rings. The highest BCUT2D eigenvalue weighted by atomic mass is 16.2. The fraction of sp³-hybridized carbons (Fsp3) is 0.429. The minimum atomic E-state index is -0.0841. The fourth-order valence-corrected chi connectivity index (χ4v) is 2.06. The van der Waals surface area contributed by atoms with Crippen LogP contribution in [0.3, 0.4) is 0 Å². The number of nitrogens with zero attached hydrogens (tertiary/aromatic N) is 4. The number of tetrazole rings is 1. The molecule has 0 saturated heterocycles. The number of hydrogen-bond donors (Lipinski definition) is 1. The van der Waals surface area contributed by atoms with E-state index in [0.717, 1.165) is 5.56 Å². The van der Waals surface area contributed by atoms with E-state index in [4.69, 9.17) is 0 Å². The van der Waals surface area contributed by atoms with Crippen molar-refractivity contribution in [2.24, 2.45) is 0 Å². The Balaban J connectivity index is 2.25. The first-order chi connectivity index (χ1) is 9.39. The van der Waals surface area contributed by atoms with Crippen molar-refractivity contribution < 1.29 is 4.79 Å². The summed E-state index contributed by atoms with van der Waals surface area (Å²) < 4.78 is 0. The van der Waals surface area contributed by atoms with Crippen LogP contribution in [0.2, 0.25) is 0 Å². The summed E-state index contributed by atoms with van der Waals surface area (Å²) in [6, 6.07) is 7.69. The van der Waals surface area contributed by atoms with Crippen LogP contribution in [0.25, 0.3) is 0 Å². The van der Waals surface area contributed by atoms with E-state index in [2.05, 4.69) is 41.4 Å². The Hall–Kier alpha value is -2.24. The zero-order chi connectivity index (χ0) is 14.8. The van der Waals surface area contributed by atoms with Crippen LogP contribution in [0.1, 0.15) is 42.5 Å². The van der Waals surface area contributed by atoms with Gasteiger partial charge in [-0.2, -0.15) is 5.21 Å². The first-order valence-corrected chi connectivity index (χ1v) is 6.47. The van der Waals surface area contributed by atoms with Gasteiger partial charge in [0.2, 0.25) is 0 Å². The average molecular weight is 273 g/mol. The summed E-state index contributed by atoms with van der Waals surface area (Å²) in [7, 11) is 1.73. The van der Waals surface area contributed by atoms with Crippen molar-refractivity contribution in [2.45, 2.75) is 32.7 Å². The molecule has 1 heterocycles. The second-order valence-corrected chi connectivity index (χ2v) is 5.78. The first-order valence-electron chi connectivity index (χ1n) is 6.47.